The molecule has 0 saturated heterocycles. The van der Waals surface area contributed by atoms with Gasteiger partial charge in [-0.2, -0.15) is 0 Å². The van der Waals surface area contributed by atoms with Crippen LogP contribution in [0, 0.1) is 6.92 Å². The molecule has 0 saturated carbocycles. The second-order valence-electron chi connectivity index (χ2n) is 5.88. The average molecular weight is 431 g/mol. The van der Waals surface area contributed by atoms with Crippen molar-refractivity contribution in [2.45, 2.75) is 16.7 Å². The van der Waals surface area contributed by atoms with Crippen LogP contribution in [0.15, 0.2) is 52.3 Å². The number of nitrogens with one attached hydrogen (secondary N) is 2. The number of rotatable bonds is 7. The summed E-state index contributed by atoms with van der Waals surface area (Å²) in [5.41, 5.74) is 0.940. The van der Waals surface area contributed by atoms with E-state index in [2.05, 4.69) is 10.0 Å². The van der Waals surface area contributed by atoms with Gasteiger partial charge in [-0.25, -0.2) is 21.6 Å². The first-order chi connectivity index (χ1) is 12.5. The van der Waals surface area contributed by atoms with Crippen LogP contribution in [0.3, 0.4) is 0 Å². The van der Waals surface area contributed by atoms with Crippen molar-refractivity contribution >= 4 is 37.4 Å². The quantitative estimate of drug-likeness (QED) is 0.650. The second-order valence-corrected chi connectivity index (χ2v) is 10.1. The van der Waals surface area contributed by atoms with E-state index in [9.17, 15) is 21.6 Å². The fourth-order valence-electron chi connectivity index (χ4n) is 2.17. The Balaban J connectivity index is 1.98. The molecule has 0 aliphatic heterocycles. The third-order valence-electron chi connectivity index (χ3n) is 3.64. The molecule has 0 unspecified atom stereocenters. The zero-order valence-corrected chi connectivity index (χ0v) is 17.1. The van der Waals surface area contributed by atoms with Gasteiger partial charge in [0.2, 0.25) is 10.0 Å². The number of hydrogen-bond donors (Lipinski definition) is 2. The molecule has 0 radical (unpaired) electrons. The Bertz CT molecular complexity index is 1050. The lowest BCUT2D eigenvalue weighted by atomic mass is 10.2. The molecule has 0 fully saturated rings. The van der Waals surface area contributed by atoms with Gasteiger partial charge in [0.05, 0.1) is 20.4 Å². The lowest BCUT2D eigenvalue weighted by Gasteiger charge is -2.10. The highest BCUT2D eigenvalue weighted by molar-refractivity contribution is 7.90. The molecule has 2 N–H and O–H groups in total. The molecule has 0 heterocycles. The first-order valence-corrected chi connectivity index (χ1v) is 11.6. The summed E-state index contributed by atoms with van der Waals surface area (Å²) in [5.74, 6) is -0.597. The summed E-state index contributed by atoms with van der Waals surface area (Å²) in [6, 6.07) is 10.2. The summed E-state index contributed by atoms with van der Waals surface area (Å²) in [5, 5.41) is 2.60. The molecule has 1 amide bonds. The van der Waals surface area contributed by atoms with Gasteiger partial charge in [0.1, 0.15) is 0 Å². The molecule has 0 aliphatic rings. The van der Waals surface area contributed by atoms with E-state index in [1.165, 1.54) is 30.3 Å². The van der Waals surface area contributed by atoms with Crippen molar-refractivity contribution in [3.63, 3.8) is 0 Å². The van der Waals surface area contributed by atoms with Crippen LogP contribution >= 0.6 is 11.6 Å². The number of amides is 1. The van der Waals surface area contributed by atoms with Gasteiger partial charge >= 0.3 is 0 Å². The van der Waals surface area contributed by atoms with Crippen molar-refractivity contribution < 1.29 is 21.6 Å². The zero-order valence-electron chi connectivity index (χ0n) is 14.7. The third-order valence-corrected chi connectivity index (χ3v) is 6.56. The molecule has 27 heavy (non-hydrogen) atoms. The van der Waals surface area contributed by atoms with Crippen LogP contribution in [0.1, 0.15) is 15.9 Å². The number of benzene rings is 2. The number of sulfonamides is 1. The third kappa shape index (κ3) is 5.77. The fraction of sp³-hybridized carbons (Fsp3) is 0.235. The van der Waals surface area contributed by atoms with Crippen molar-refractivity contribution in [2.75, 3.05) is 19.3 Å². The van der Waals surface area contributed by atoms with Crippen LogP contribution in [0.5, 0.6) is 0 Å². The largest absolute Gasteiger partial charge is 0.351 e. The number of carbonyl (C=O) groups is 1. The standard InChI is InChI=1S/C17H19ClN2O5S2/c1-12-3-5-13(6-4-12)27(24,25)20-10-9-19-17(21)15-11-14(26(2,22)23)7-8-16(15)18/h3-8,11,20H,9-10H2,1-2H3,(H,19,21). The van der Waals surface area contributed by atoms with Crippen LogP contribution < -0.4 is 10.0 Å². The number of carbonyl (C=O) groups excluding carboxylic acids is 1. The Kier molecular flexibility index (Phi) is 6.63. The molecule has 0 bridgehead atoms. The summed E-state index contributed by atoms with van der Waals surface area (Å²) in [6.45, 7) is 1.82. The fourth-order valence-corrected chi connectivity index (χ4v) is 4.05. The maximum Gasteiger partial charge on any atom is 0.252 e. The minimum atomic E-state index is -3.68. The molecule has 2 aromatic carbocycles. The SMILES string of the molecule is Cc1ccc(S(=O)(=O)NCCNC(=O)c2cc(S(C)(=O)=O)ccc2Cl)cc1. The Morgan fingerprint density at radius 1 is 0.963 bits per heavy atom. The Morgan fingerprint density at radius 2 is 1.56 bits per heavy atom. The smallest absolute Gasteiger partial charge is 0.252 e. The number of halogens is 1. The van der Waals surface area contributed by atoms with Gasteiger partial charge in [0.25, 0.3) is 5.91 Å². The van der Waals surface area contributed by atoms with Gasteiger partial charge in [0, 0.05) is 19.3 Å². The molecule has 0 spiro atoms. The van der Waals surface area contributed by atoms with Crippen molar-refractivity contribution in [1.29, 1.82) is 0 Å². The number of aryl methyl sites for hydroxylation is 1. The number of hydrogen-bond acceptors (Lipinski definition) is 5. The van der Waals surface area contributed by atoms with Crippen LogP contribution in [0.4, 0.5) is 0 Å². The Morgan fingerprint density at radius 3 is 2.15 bits per heavy atom. The van der Waals surface area contributed by atoms with Crippen LogP contribution in [-0.2, 0) is 19.9 Å². The lowest BCUT2D eigenvalue weighted by molar-refractivity contribution is 0.0954. The summed E-state index contributed by atoms with van der Waals surface area (Å²) in [4.78, 5) is 12.3. The number of sulfone groups is 1. The minimum absolute atomic E-state index is 0.000911. The Hall–Kier alpha value is -1.94. The lowest BCUT2D eigenvalue weighted by Crippen LogP contribution is -2.34. The van der Waals surface area contributed by atoms with Crippen molar-refractivity contribution in [3.05, 3.63) is 58.6 Å². The Labute approximate surface area is 163 Å². The van der Waals surface area contributed by atoms with E-state index in [0.29, 0.717) is 0 Å². The highest BCUT2D eigenvalue weighted by Gasteiger charge is 2.16. The van der Waals surface area contributed by atoms with Crippen molar-refractivity contribution in [3.8, 4) is 0 Å². The highest BCUT2D eigenvalue weighted by Crippen LogP contribution is 2.20. The molecule has 146 valence electrons. The van der Waals surface area contributed by atoms with E-state index in [0.717, 1.165) is 11.8 Å². The molecule has 0 aromatic heterocycles. The molecule has 0 atom stereocenters. The molecular weight excluding hydrogens is 412 g/mol. The maximum atomic E-state index is 12.2. The summed E-state index contributed by atoms with van der Waals surface area (Å²) < 4.78 is 49.9. The zero-order chi connectivity index (χ0) is 20.2. The minimum Gasteiger partial charge on any atom is -0.351 e. The van der Waals surface area contributed by atoms with E-state index in [4.69, 9.17) is 11.6 Å². The predicted octanol–water partition coefficient (Wildman–Crippen LogP) is 1.76. The van der Waals surface area contributed by atoms with Crippen LogP contribution in [0.2, 0.25) is 5.02 Å². The summed E-state index contributed by atoms with van der Waals surface area (Å²) >= 11 is 5.95. The second kappa shape index (κ2) is 8.39. The summed E-state index contributed by atoms with van der Waals surface area (Å²) in [7, 11) is -7.16. The monoisotopic (exact) mass is 430 g/mol. The molecule has 7 nitrogen and oxygen atoms in total. The van der Waals surface area contributed by atoms with E-state index >= 15 is 0 Å². The maximum absolute atomic E-state index is 12.2. The first-order valence-electron chi connectivity index (χ1n) is 7.85. The first kappa shape index (κ1) is 21.4. The van der Waals surface area contributed by atoms with Crippen molar-refractivity contribution in [2.24, 2.45) is 0 Å². The average Bonchev–Trinajstić information content (AvgIpc) is 2.58. The van der Waals surface area contributed by atoms with Gasteiger partial charge in [-0.3, -0.25) is 4.79 Å². The van der Waals surface area contributed by atoms with Crippen LogP contribution in [0.25, 0.3) is 0 Å². The molecule has 10 heteroatoms. The van der Waals surface area contributed by atoms with E-state index in [1.807, 2.05) is 6.92 Å². The van der Waals surface area contributed by atoms with Gasteiger partial charge in [0.15, 0.2) is 9.84 Å². The van der Waals surface area contributed by atoms with Gasteiger partial charge in [-0.05, 0) is 37.3 Å². The molecule has 2 rings (SSSR count). The van der Waals surface area contributed by atoms with Gasteiger partial charge < -0.3 is 5.32 Å². The van der Waals surface area contributed by atoms with E-state index in [1.54, 1.807) is 12.1 Å². The van der Waals surface area contributed by atoms with Crippen molar-refractivity contribution in [1.82, 2.24) is 10.0 Å². The van der Waals surface area contributed by atoms with E-state index in [-0.39, 0.29) is 33.5 Å². The normalized spacial score (nSPS) is 12.0. The molecule has 2 aromatic rings. The summed E-state index contributed by atoms with van der Waals surface area (Å²) in [6.07, 6.45) is 1.03. The topological polar surface area (TPSA) is 109 Å². The predicted molar refractivity (Wildman–Crippen MR) is 103 cm³/mol. The highest BCUT2D eigenvalue weighted by atomic mass is 35.5. The van der Waals surface area contributed by atoms with Gasteiger partial charge in [-0.1, -0.05) is 29.3 Å². The molecular formula is C17H19ClN2O5S2. The molecule has 0 aliphatic carbocycles. The van der Waals surface area contributed by atoms with E-state index < -0.39 is 25.8 Å². The van der Waals surface area contributed by atoms with Crippen LogP contribution in [-0.4, -0.2) is 42.1 Å². The van der Waals surface area contributed by atoms with Gasteiger partial charge in [-0.15, -0.1) is 0 Å².